The highest BCUT2D eigenvalue weighted by Crippen LogP contribution is 2.52. The molecule has 3 aromatic heterocycles. The highest BCUT2D eigenvalue weighted by atomic mass is 19.2. The molecule has 4 aromatic carbocycles. The van der Waals surface area contributed by atoms with Gasteiger partial charge in [-0.3, -0.25) is 0 Å². The molecule has 0 radical (unpaired) electrons. The Kier molecular flexibility index (Phi) is 12.6. The van der Waals surface area contributed by atoms with Crippen LogP contribution in [0.25, 0.3) is 90.9 Å². The van der Waals surface area contributed by atoms with Crippen LogP contribution in [0.5, 0.6) is 11.5 Å². The summed E-state index contributed by atoms with van der Waals surface area (Å²) in [5.74, 6) is -36.4. The molecule has 0 fully saturated rings. The maximum Gasteiger partial charge on any atom is 0.200 e. The summed E-state index contributed by atoms with van der Waals surface area (Å²) in [5.41, 5.74) is -12.8. The van der Waals surface area contributed by atoms with Crippen molar-refractivity contribution in [2.24, 2.45) is 0 Å². The van der Waals surface area contributed by atoms with Crippen molar-refractivity contribution in [2.45, 2.75) is 52.4 Å². The van der Waals surface area contributed by atoms with Crippen molar-refractivity contribution in [3.05, 3.63) is 151 Å². The van der Waals surface area contributed by atoms with Gasteiger partial charge in [0.1, 0.15) is 0 Å². The summed E-state index contributed by atoms with van der Waals surface area (Å²) >= 11 is 0. The summed E-state index contributed by atoms with van der Waals surface area (Å²) in [4.78, 5) is 14.3. The number of fused-ring (bicyclic) bond motifs is 8. The Morgan fingerprint density at radius 3 is 0.880 bits per heavy atom. The van der Waals surface area contributed by atoms with Crippen molar-refractivity contribution >= 4 is 46.4 Å². The lowest BCUT2D eigenvalue weighted by Crippen LogP contribution is -2.20. The van der Waals surface area contributed by atoms with E-state index in [1.165, 1.54) is 26.4 Å². The molecule has 2 aliphatic rings. The third-order valence-electron chi connectivity index (χ3n) is 12.6. The summed E-state index contributed by atoms with van der Waals surface area (Å²) in [6, 6.07) is 5.78. The molecule has 9 rings (SSSR count). The summed E-state index contributed by atoms with van der Waals surface area (Å²) < 4.78 is 244. The first-order valence-corrected chi connectivity index (χ1v) is 22.2. The molecule has 0 atom stereocenters. The van der Waals surface area contributed by atoms with Gasteiger partial charge in [0.25, 0.3) is 0 Å². The molecule has 2 aliphatic heterocycles. The summed E-state index contributed by atoms with van der Waals surface area (Å²) in [5, 5.41) is 0. The zero-order chi connectivity index (χ0) is 54.8. The third-order valence-corrected chi connectivity index (χ3v) is 12.6. The van der Waals surface area contributed by atoms with Crippen molar-refractivity contribution < 1.29 is 75.3 Å². The Morgan fingerprint density at radius 1 is 0.347 bits per heavy atom. The second-order valence-electron chi connectivity index (χ2n) is 19.3. The van der Waals surface area contributed by atoms with E-state index in [1.54, 1.807) is 26.8 Å². The number of hydrogen-bond acceptors (Lipinski definition) is 4. The van der Waals surface area contributed by atoms with E-state index < -0.39 is 165 Å². The van der Waals surface area contributed by atoms with Gasteiger partial charge >= 0.3 is 0 Å². The molecule has 8 bridgehead atoms. The Morgan fingerprint density at radius 2 is 0.613 bits per heavy atom. The van der Waals surface area contributed by atoms with Crippen LogP contribution >= 0.6 is 0 Å². The first-order chi connectivity index (χ1) is 35.2. The van der Waals surface area contributed by atoms with Crippen molar-refractivity contribution in [2.75, 3.05) is 14.2 Å². The molecule has 0 saturated heterocycles. The number of halogens is 15. The number of H-pyrrole nitrogens is 2. The molecule has 0 spiro atoms. The summed E-state index contributed by atoms with van der Waals surface area (Å²) in [7, 11) is 2.75. The lowest BCUT2D eigenvalue weighted by atomic mass is 9.76. The van der Waals surface area contributed by atoms with Gasteiger partial charge in [-0.2, -0.15) is 0 Å². The van der Waals surface area contributed by atoms with Crippen LogP contribution in [0.2, 0.25) is 0 Å². The summed E-state index contributed by atoms with van der Waals surface area (Å²) in [6.45, 7) is 10.8. The number of nitrogens with one attached hydrogen (secondary N) is 2. The van der Waals surface area contributed by atoms with Crippen molar-refractivity contribution in [3.8, 4) is 56.0 Å². The van der Waals surface area contributed by atoms with E-state index in [1.807, 2.05) is 20.8 Å². The largest absolute Gasteiger partial charge is 0.493 e. The first kappa shape index (κ1) is 51.9. The number of hydrogen-bond donors (Lipinski definition) is 2. The zero-order valence-corrected chi connectivity index (χ0v) is 40.1. The van der Waals surface area contributed by atoms with E-state index >= 15 is 52.7 Å². The Bertz CT molecular complexity index is 3750. The molecule has 2 N–H and O–H groups in total. The number of benzene rings is 4. The van der Waals surface area contributed by atoms with Crippen molar-refractivity contribution in [1.29, 1.82) is 0 Å². The Hall–Kier alpha value is -7.97. The first-order valence-electron chi connectivity index (χ1n) is 22.2. The van der Waals surface area contributed by atoms with Gasteiger partial charge < -0.3 is 19.4 Å². The van der Waals surface area contributed by atoms with E-state index in [9.17, 15) is 13.2 Å². The predicted molar refractivity (Wildman–Crippen MR) is 250 cm³/mol. The minimum absolute atomic E-state index is 0.00903. The van der Waals surface area contributed by atoms with Gasteiger partial charge in [-0.15, -0.1) is 0 Å². The van der Waals surface area contributed by atoms with Gasteiger partial charge in [0, 0.05) is 55.4 Å². The molecule has 21 heteroatoms. The van der Waals surface area contributed by atoms with Crippen molar-refractivity contribution in [3.63, 3.8) is 0 Å². The normalized spacial score (nSPS) is 12.6. The molecule has 388 valence electrons. The van der Waals surface area contributed by atoms with E-state index in [0.717, 1.165) is 36.4 Å². The standard InChI is InChI=1S/C54H35F15N4O2/c1-53(2,3)19-17-18(35(54(4,5)6)52(75-8)51(19)74-7)28-20-9-11-22(70-20)29(32-36(55)42(61)48(67)43(62)37(32)56)24-13-15-26(72-24)31(34-40(59)46(65)50(69)47(66)41(34)60)27-16-14-25(73-27)30(23-12-10-21(28)71-23)33-38(57)44(63)49(68)45(64)39(33)58/h9-17,70,73H,1-8H3. The number of aromatic nitrogens is 4. The van der Waals surface area contributed by atoms with Gasteiger partial charge in [0.05, 0.1) is 53.7 Å². The van der Waals surface area contributed by atoms with Crippen LogP contribution in [0.3, 0.4) is 0 Å². The molecule has 0 aliphatic carbocycles. The lowest BCUT2D eigenvalue weighted by molar-refractivity contribution is 0.336. The quantitative estimate of drug-likeness (QED) is 0.0988. The van der Waals surface area contributed by atoms with Gasteiger partial charge in [-0.1, -0.05) is 41.5 Å². The number of rotatable bonds is 6. The zero-order valence-electron chi connectivity index (χ0n) is 40.1. The van der Waals surface area contributed by atoms with Gasteiger partial charge in [0.2, 0.25) is 17.5 Å². The minimum atomic E-state index is -2.62. The Balaban J connectivity index is 1.62. The highest BCUT2D eigenvalue weighted by Gasteiger charge is 2.36. The van der Waals surface area contributed by atoms with Crippen LogP contribution < -0.4 is 9.47 Å². The number of aromatic amines is 2. The number of ether oxygens (including phenoxy) is 2. The second kappa shape index (κ2) is 18.2. The Labute approximate surface area is 414 Å². The molecule has 0 unspecified atom stereocenters. The van der Waals surface area contributed by atoms with Crippen LogP contribution in [0, 0.1) is 87.3 Å². The molecule has 75 heavy (non-hydrogen) atoms. The number of methoxy groups -OCH3 is 2. The number of nitrogens with zero attached hydrogens (tertiary/aromatic N) is 2. The van der Waals surface area contributed by atoms with Crippen LogP contribution in [-0.4, -0.2) is 34.2 Å². The fraction of sp³-hybridized carbons (Fsp3) is 0.185. The molecule has 5 heterocycles. The molecular formula is C54H35F15N4O2. The minimum Gasteiger partial charge on any atom is -0.493 e. The third kappa shape index (κ3) is 7.99. The van der Waals surface area contributed by atoms with Crippen LogP contribution in [0.1, 0.15) is 75.4 Å². The molecule has 6 nitrogen and oxygen atoms in total. The van der Waals surface area contributed by atoms with Gasteiger partial charge in [-0.25, -0.2) is 75.8 Å². The molecule has 0 amide bonds. The maximum absolute atomic E-state index is 16.2. The molecule has 7 aromatic rings. The molecule has 0 saturated carbocycles. The fourth-order valence-corrected chi connectivity index (χ4v) is 9.29. The second-order valence-corrected chi connectivity index (χ2v) is 19.3. The van der Waals surface area contributed by atoms with Crippen molar-refractivity contribution in [1.82, 2.24) is 19.9 Å². The SMILES string of the molecule is COc1c(C(C)(C)C)cc(-c2c3nc(c(-c4c(F)c(F)c(F)c(F)c4F)c4ccc([nH]4)c(-c4c(F)c(F)c(F)c(F)c4F)c4nc(c(-c5c(F)c(F)c(F)c(F)c5F)c5ccc2[nH]5)C=C4)C=C3)c(C(C)(C)C)c1OC. The average molecular weight is 1060 g/mol. The summed E-state index contributed by atoms with van der Waals surface area (Å²) in [6.07, 6.45) is 3.98. The van der Waals surface area contributed by atoms with Crippen LogP contribution in [0.4, 0.5) is 65.9 Å². The van der Waals surface area contributed by atoms with Gasteiger partial charge in [-0.05, 0) is 71.0 Å². The van der Waals surface area contributed by atoms with E-state index in [4.69, 9.17) is 9.47 Å². The van der Waals surface area contributed by atoms with Crippen LogP contribution in [-0.2, 0) is 10.8 Å². The van der Waals surface area contributed by atoms with E-state index in [-0.39, 0.29) is 33.8 Å². The average Bonchev–Trinajstić information content (AvgIpc) is 4.23. The van der Waals surface area contributed by atoms with Gasteiger partial charge in [0.15, 0.2) is 81.3 Å². The van der Waals surface area contributed by atoms with Crippen LogP contribution in [0.15, 0.2) is 30.3 Å². The smallest absolute Gasteiger partial charge is 0.200 e. The molecular weight excluding hydrogens is 1020 g/mol. The fourth-order valence-electron chi connectivity index (χ4n) is 9.29. The highest BCUT2D eigenvalue weighted by molar-refractivity contribution is 6.01. The topological polar surface area (TPSA) is 75.8 Å². The maximum atomic E-state index is 16.2. The predicted octanol–water partition coefficient (Wildman–Crippen LogP) is 16.0. The lowest BCUT2D eigenvalue weighted by Gasteiger charge is -2.32. The monoisotopic (exact) mass is 1060 g/mol. The van der Waals surface area contributed by atoms with E-state index in [2.05, 4.69) is 19.9 Å². The van der Waals surface area contributed by atoms with E-state index in [0.29, 0.717) is 11.1 Å².